The molecule has 0 unspecified atom stereocenters. The molecule has 0 aliphatic rings. The van der Waals surface area contributed by atoms with Crippen molar-refractivity contribution in [2.75, 3.05) is 0 Å². The van der Waals surface area contributed by atoms with E-state index in [9.17, 15) is 4.79 Å². The third-order valence-corrected chi connectivity index (χ3v) is 3.16. The van der Waals surface area contributed by atoms with Crippen LogP contribution in [-0.2, 0) is 12.8 Å². The number of carboxylic acids is 1. The number of carbonyl (C=O) groups is 1. The predicted molar refractivity (Wildman–Crippen MR) is 74.7 cm³/mol. The molecule has 100 valence electrons. The Labute approximate surface area is 115 Å². The van der Waals surface area contributed by atoms with Crippen LogP contribution in [0.3, 0.4) is 0 Å². The molecule has 0 saturated carbocycles. The molecule has 0 fully saturated rings. The molecule has 0 amide bonds. The van der Waals surface area contributed by atoms with Gasteiger partial charge in [0.15, 0.2) is 0 Å². The fourth-order valence-electron chi connectivity index (χ4n) is 2.15. The summed E-state index contributed by atoms with van der Waals surface area (Å²) in [6, 6.07) is 8.85. The number of aromatic carboxylic acids is 1. The molecule has 0 spiro atoms. The van der Waals surface area contributed by atoms with E-state index in [-0.39, 0.29) is 0 Å². The predicted octanol–water partition coefficient (Wildman–Crippen LogP) is 2.44. The zero-order valence-corrected chi connectivity index (χ0v) is 10.7. The van der Waals surface area contributed by atoms with Crippen molar-refractivity contribution in [3.63, 3.8) is 0 Å². The number of pyridine rings is 1. The number of aromatic nitrogens is 3. The van der Waals surface area contributed by atoms with Crippen LogP contribution in [0, 0.1) is 0 Å². The Morgan fingerprint density at radius 3 is 2.95 bits per heavy atom. The van der Waals surface area contributed by atoms with Gasteiger partial charge in [0.05, 0.1) is 22.8 Å². The van der Waals surface area contributed by atoms with Crippen LogP contribution in [-0.4, -0.2) is 26.0 Å². The number of aromatic amines is 1. The van der Waals surface area contributed by atoms with Crippen LogP contribution in [0.5, 0.6) is 0 Å². The van der Waals surface area contributed by atoms with Crippen molar-refractivity contribution in [2.45, 2.75) is 12.8 Å². The highest BCUT2D eigenvalue weighted by atomic mass is 16.4. The SMILES string of the molecule is O=C(O)c1cccc(CCc2nc3ccncc3[nH]2)c1. The molecule has 5 heteroatoms. The molecule has 3 rings (SSSR count). The molecule has 0 saturated heterocycles. The maximum Gasteiger partial charge on any atom is 0.335 e. The van der Waals surface area contributed by atoms with E-state index in [1.807, 2.05) is 12.1 Å². The maximum atomic E-state index is 10.9. The standard InChI is InChI=1S/C15H13N3O2/c19-15(20)11-3-1-2-10(8-11)4-5-14-17-12-6-7-16-9-13(12)18-14/h1-3,6-9H,4-5H2,(H,17,18)(H,19,20). The highest BCUT2D eigenvalue weighted by Crippen LogP contribution is 2.12. The molecule has 2 aromatic heterocycles. The van der Waals surface area contributed by atoms with E-state index in [4.69, 9.17) is 5.11 Å². The van der Waals surface area contributed by atoms with Crippen molar-refractivity contribution in [2.24, 2.45) is 0 Å². The minimum Gasteiger partial charge on any atom is -0.478 e. The summed E-state index contributed by atoms with van der Waals surface area (Å²) in [5.41, 5.74) is 3.12. The van der Waals surface area contributed by atoms with E-state index >= 15 is 0 Å². The van der Waals surface area contributed by atoms with Gasteiger partial charge in [-0.2, -0.15) is 0 Å². The first-order valence-corrected chi connectivity index (χ1v) is 6.33. The number of hydrogen-bond acceptors (Lipinski definition) is 3. The Balaban J connectivity index is 1.75. The lowest BCUT2D eigenvalue weighted by molar-refractivity contribution is 0.0697. The highest BCUT2D eigenvalue weighted by molar-refractivity contribution is 5.87. The first-order chi connectivity index (χ1) is 9.72. The van der Waals surface area contributed by atoms with E-state index in [1.54, 1.807) is 30.6 Å². The molecule has 2 N–H and O–H groups in total. The number of carboxylic acid groups (broad SMARTS) is 1. The van der Waals surface area contributed by atoms with Crippen LogP contribution >= 0.6 is 0 Å². The number of nitrogens with one attached hydrogen (secondary N) is 1. The van der Waals surface area contributed by atoms with Gasteiger partial charge in [0, 0.05) is 12.6 Å². The summed E-state index contributed by atoms with van der Waals surface area (Å²) >= 11 is 0. The van der Waals surface area contributed by atoms with E-state index in [0.717, 1.165) is 35.3 Å². The zero-order valence-electron chi connectivity index (χ0n) is 10.7. The van der Waals surface area contributed by atoms with Crippen LogP contribution in [0.1, 0.15) is 21.7 Å². The Kier molecular flexibility index (Phi) is 3.16. The second-order valence-corrected chi connectivity index (χ2v) is 4.58. The minimum atomic E-state index is -0.901. The lowest BCUT2D eigenvalue weighted by Crippen LogP contribution is -1.99. The Morgan fingerprint density at radius 2 is 2.15 bits per heavy atom. The molecule has 0 atom stereocenters. The second-order valence-electron chi connectivity index (χ2n) is 4.58. The number of nitrogens with zero attached hydrogens (tertiary/aromatic N) is 2. The summed E-state index contributed by atoms with van der Waals surface area (Å²) in [5, 5.41) is 8.96. The highest BCUT2D eigenvalue weighted by Gasteiger charge is 2.05. The molecule has 3 aromatic rings. The Hall–Kier alpha value is -2.69. The molecule has 1 aromatic carbocycles. The molecule has 0 radical (unpaired) electrons. The first-order valence-electron chi connectivity index (χ1n) is 6.33. The minimum absolute atomic E-state index is 0.316. The van der Waals surface area contributed by atoms with Gasteiger partial charge in [-0.1, -0.05) is 12.1 Å². The smallest absolute Gasteiger partial charge is 0.335 e. The van der Waals surface area contributed by atoms with Gasteiger partial charge >= 0.3 is 5.97 Å². The number of imidazole rings is 1. The number of fused-ring (bicyclic) bond motifs is 1. The normalized spacial score (nSPS) is 10.8. The van der Waals surface area contributed by atoms with E-state index in [2.05, 4.69) is 15.0 Å². The molecule has 20 heavy (non-hydrogen) atoms. The van der Waals surface area contributed by atoms with Gasteiger partial charge in [0.2, 0.25) is 0 Å². The molecular formula is C15H13N3O2. The summed E-state index contributed by atoms with van der Waals surface area (Å²) in [6.07, 6.45) is 4.94. The van der Waals surface area contributed by atoms with Crippen molar-refractivity contribution in [1.82, 2.24) is 15.0 Å². The third-order valence-electron chi connectivity index (χ3n) is 3.16. The zero-order chi connectivity index (χ0) is 13.9. The lowest BCUT2D eigenvalue weighted by atomic mass is 10.1. The summed E-state index contributed by atoms with van der Waals surface area (Å²) in [6.45, 7) is 0. The van der Waals surface area contributed by atoms with E-state index in [1.165, 1.54) is 0 Å². The molecule has 0 bridgehead atoms. The molecule has 0 aliphatic carbocycles. The Morgan fingerprint density at radius 1 is 1.25 bits per heavy atom. The van der Waals surface area contributed by atoms with Crippen LogP contribution < -0.4 is 0 Å². The van der Waals surface area contributed by atoms with Crippen LogP contribution in [0.2, 0.25) is 0 Å². The average molecular weight is 267 g/mol. The van der Waals surface area contributed by atoms with Crippen molar-refractivity contribution in [1.29, 1.82) is 0 Å². The second kappa shape index (κ2) is 5.13. The molecule has 5 nitrogen and oxygen atoms in total. The summed E-state index contributed by atoms with van der Waals surface area (Å²) in [4.78, 5) is 22.6. The summed E-state index contributed by atoms with van der Waals surface area (Å²) < 4.78 is 0. The number of H-pyrrole nitrogens is 1. The molecule has 2 heterocycles. The van der Waals surface area contributed by atoms with Gasteiger partial charge in [-0.25, -0.2) is 9.78 Å². The number of rotatable bonds is 4. The van der Waals surface area contributed by atoms with Gasteiger partial charge in [-0.15, -0.1) is 0 Å². The molecular weight excluding hydrogens is 254 g/mol. The van der Waals surface area contributed by atoms with Gasteiger partial charge in [-0.05, 0) is 30.2 Å². The van der Waals surface area contributed by atoms with E-state index < -0.39 is 5.97 Å². The summed E-state index contributed by atoms with van der Waals surface area (Å²) in [5.74, 6) is -0.0182. The number of hydrogen-bond donors (Lipinski definition) is 2. The summed E-state index contributed by atoms with van der Waals surface area (Å²) in [7, 11) is 0. The van der Waals surface area contributed by atoms with Crippen molar-refractivity contribution in [3.05, 3.63) is 59.7 Å². The number of aryl methyl sites for hydroxylation is 2. The largest absolute Gasteiger partial charge is 0.478 e. The van der Waals surface area contributed by atoms with Gasteiger partial charge in [-0.3, -0.25) is 4.98 Å². The van der Waals surface area contributed by atoms with E-state index in [0.29, 0.717) is 5.56 Å². The van der Waals surface area contributed by atoms with Crippen molar-refractivity contribution >= 4 is 17.0 Å². The monoisotopic (exact) mass is 267 g/mol. The topological polar surface area (TPSA) is 78.9 Å². The first kappa shape index (κ1) is 12.3. The Bertz CT molecular complexity index is 731. The van der Waals surface area contributed by atoms with Gasteiger partial charge < -0.3 is 10.1 Å². The fourth-order valence-corrected chi connectivity index (χ4v) is 2.15. The fraction of sp³-hybridized carbons (Fsp3) is 0.133. The third kappa shape index (κ3) is 2.51. The van der Waals surface area contributed by atoms with Gasteiger partial charge in [0.1, 0.15) is 5.82 Å². The number of benzene rings is 1. The lowest BCUT2D eigenvalue weighted by Gasteiger charge is -2.01. The van der Waals surface area contributed by atoms with Crippen molar-refractivity contribution in [3.8, 4) is 0 Å². The van der Waals surface area contributed by atoms with Crippen LogP contribution in [0.15, 0.2) is 42.7 Å². The van der Waals surface area contributed by atoms with Crippen LogP contribution in [0.25, 0.3) is 11.0 Å². The maximum absolute atomic E-state index is 10.9. The quantitative estimate of drug-likeness (QED) is 0.761. The van der Waals surface area contributed by atoms with Crippen molar-refractivity contribution < 1.29 is 9.90 Å². The molecule has 0 aliphatic heterocycles. The van der Waals surface area contributed by atoms with Crippen LogP contribution in [0.4, 0.5) is 0 Å². The van der Waals surface area contributed by atoms with Gasteiger partial charge in [0.25, 0.3) is 0 Å². The average Bonchev–Trinajstić information content (AvgIpc) is 2.88.